The number of aromatic nitrogens is 1. The lowest BCUT2D eigenvalue weighted by Crippen LogP contribution is -2.13. The van der Waals surface area contributed by atoms with Crippen LogP contribution in [0.4, 0.5) is 11.6 Å². The number of sulfonamides is 1. The van der Waals surface area contributed by atoms with Crippen molar-refractivity contribution in [2.24, 2.45) is 0 Å². The van der Waals surface area contributed by atoms with Gasteiger partial charge in [0.1, 0.15) is 5.75 Å². The molecule has 0 aliphatic heterocycles. The molecule has 0 atom stereocenters. The number of ether oxygens (including phenoxy) is 1. The first-order chi connectivity index (χ1) is 15.3. The molecule has 32 heavy (non-hydrogen) atoms. The summed E-state index contributed by atoms with van der Waals surface area (Å²) in [7, 11) is -3.85. The first-order valence-electron chi connectivity index (χ1n) is 10.1. The second-order valence-corrected chi connectivity index (χ2v) is 8.74. The maximum absolute atomic E-state index is 12.6. The highest BCUT2D eigenvalue weighted by molar-refractivity contribution is 7.92. The summed E-state index contributed by atoms with van der Waals surface area (Å²) in [5.41, 5.74) is 2.47. The van der Waals surface area contributed by atoms with Gasteiger partial charge in [0.2, 0.25) is 11.8 Å². The van der Waals surface area contributed by atoms with Gasteiger partial charge in [0.05, 0.1) is 17.2 Å². The number of nitrogens with one attached hydrogen (secondary N) is 2. The maximum Gasteiger partial charge on any atom is 0.264 e. The molecule has 8 nitrogen and oxygen atoms in total. The monoisotopic (exact) mass is 455 g/mol. The third kappa shape index (κ3) is 5.76. The van der Waals surface area contributed by atoms with Crippen molar-refractivity contribution < 1.29 is 22.5 Å². The third-order valence-electron chi connectivity index (χ3n) is 4.61. The van der Waals surface area contributed by atoms with Gasteiger partial charge in [0.25, 0.3) is 10.0 Å². The molecule has 0 saturated heterocycles. The summed E-state index contributed by atoms with van der Waals surface area (Å²) >= 11 is 0. The average Bonchev–Trinajstić information content (AvgIpc) is 3.09. The van der Waals surface area contributed by atoms with Gasteiger partial charge in [-0.2, -0.15) is 0 Å². The number of amides is 1. The minimum Gasteiger partial charge on any atom is -0.493 e. The Kier molecular flexibility index (Phi) is 7.32. The fraction of sp³-hybridized carbons (Fsp3) is 0.217. The highest BCUT2D eigenvalue weighted by Crippen LogP contribution is 2.23. The highest BCUT2D eigenvalue weighted by atomic mass is 32.2. The summed E-state index contributed by atoms with van der Waals surface area (Å²) in [4.78, 5) is 12.3. The Morgan fingerprint density at radius 2 is 1.84 bits per heavy atom. The van der Waals surface area contributed by atoms with Crippen molar-refractivity contribution in [1.82, 2.24) is 5.16 Å². The Morgan fingerprint density at radius 3 is 2.50 bits per heavy atom. The van der Waals surface area contributed by atoms with Gasteiger partial charge in [-0.15, -0.1) is 0 Å². The molecule has 0 radical (unpaired) electrons. The molecule has 0 spiro atoms. The number of para-hydroxylation sites is 1. The summed E-state index contributed by atoms with van der Waals surface area (Å²) in [6, 6.07) is 13.3. The minimum absolute atomic E-state index is 0.0292. The predicted octanol–water partition coefficient (Wildman–Crippen LogP) is 4.53. The molecule has 1 heterocycles. The fourth-order valence-electron chi connectivity index (χ4n) is 2.72. The first kappa shape index (κ1) is 23.1. The van der Waals surface area contributed by atoms with Gasteiger partial charge in [-0.25, -0.2) is 13.1 Å². The largest absolute Gasteiger partial charge is 0.493 e. The van der Waals surface area contributed by atoms with E-state index in [1.807, 2.05) is 31.2 Å². The molecule has 1 aromatic heterocycles. The topological polar surface area (TPSA) is 111 Å². The summed E-state index contributed by atoms with van der Waals surface area (Å²) in [6.45, 7) is 6.05. The zero-order chi connectivity index (χ0) is 23.1. The van der Waals surface area contributed by atoms with Gasteiger partial charge in [0.15, 0.2) is 0 Å². The molecule has 0 fully saturated rings. The van der Waals surface area contributed by atoms with Gasteiger partial charge in [-0.3, -0.25) is 4.79 Å². The van der Waals surface area contributed by atoms with Crippen molar-refractivity contribution in [2.75, 3.05) is 16.6 Å². The van der Waals surface area contributed by atoms with E-state index in [0.717, 1.165) is 12.0 Å². The average molecular weight is 456 g/mol. The molecule has 0 aliphatic rings. The molecule has 0 bridgehead atoms. The summed E-state index contributed by atoms with van der Waals surface area (Å²) < 4.78 is 38.2. The van der Waals surface area contributed by atoms with Gasteiger partial charge in [-0.05, 0) is 56.7 Å². The van der Waals surface area contributed by atoms with Crippen molar-refractivity contribution >= 4 is 33.6 Å². The van der Waals surface area contributed by atoms with Crippen molar-refractivity contribution in [3.05, 3.63) is 71.4 Å². The quantitative estimate of drug-likeness (QED) is 0.459. The number of rotatable bonds is 9. The lowest BCUT2D eigenvalue weighted by molar-refractivity contribution is -0.111. The molecule has 1 amide bonds. The number of hydrogen-bond donors (Lipinski definition) is 2. The second kappa shape index (κ2) is 10.1. The Labute approximate surface area is 187 Å². The van der Waals surface area contributed by atoms with Crippen LogP contribution in [-0.4, -0.2) is 26.1 Å². The third-order valence-corrected chi connectivity index (χ3v) is 5.96. The zero-order valence-corrected chi connectivity index (χ0v) is 18.9. The van der Waals surface area contributed by atoms with Crippen LogP contribution in [0.5, 0.6) is 5.75 Å². The van der Waals surface area contributed by atoms with Crippen LogP contribution in [0.2, 0.25) is 0 Å². The summed E-state index contributed by atoms with van der Waals surface area (Å²) in [6.07, 6.45) is 3.96. The Hall–Kier alpha value is -3.59. The molecule has 2 aromatic carbocycles. The van der Waals surface area contributed by atoms with Crippen LogP contribution >= 0.6 is 0 Å². The van der Waals surface area contributed by atoms with E-state index in [2.05, 4.69) is 15.2 Å². The Morgan fingerprint density at radius 1 is 1.12 bits per heavy atom. The smallest absolute Gasteiger partial charge is 0.264 e. The molecule has 0 unspecified atom stereocenters. The maximum atomic E-state index is 12.6. The van der Waals surface area contributed by atoms with E-state index in [4.69, 9.17) is 9.26 Å². The van der Waals surface area contributed by atoms with E-state index in [0.29, 0.717) is 29.3 Å². The lowest BCUT2D eigenvalue weighted by atomic mass is 10.2. The van der Waals surface area contributed by atoms with E-state index < -0.39 is 10.0 Å². The van der Waals surface area contributed by atoms with Crippen molar-refractivity contribution in [3.8, 4) is 5.75 Å². The molecule has 168 valence electrons. The number of anilines is 2. The molecule has 3 rings (SSSR count). The van der Waals surface area contributed by atoms with Crippen LogP contribution in [0.3, 0.4) is 0 Å². The van der Waals surface area contributed by atoms with E-state index >= 15 is 0 Å². The second-order valence-electron chi connectivity index (χ2n) is 7.06. The van der Waals surface area contributed by atoms with Gasteiger partial charge in [0, 0.05) is 22.9 Å². The number of benzene rings is 2. The predicted molar refractivity (Wildman–Crippen MR) is 123 cm³/mol. The van der Waals surface area contributed by atoms with E-state index in [9.17, 15) is 13.2 Å². The van der Waals surface area contributed by atoms with E-state index in [1.165, 1.54) is 30.3 Å². The van der Waals surface area contributed by atoms with Gasteiger partial charge >= 0.3 is 0 Å². The normalized spacial score (nSPS) is 11.5. The SMILES string of the molecule is CCCOc1ccccc1/C=C/C(=O)Nc1ccc(S(=O)(=O)Nc2onc(C)c2C)cc1. The van der Waals surface area contributed by atoms with Crippen molar-refractivity contribution in [1.29, 1.82) is 0 Å². The number of carbonyl (C=O) groups is 1. The Bertz CT molecular complexity index is 1210. The van der Waals surface area contributed by atoms with Crippen molar-refractivity contribution in [2.45, 2.75) is 32.1 Å². The van der Waals surface area contributed by atoms with E-state index in [1.54, 1.807) is 19.9 Å². The molecule has 0 saturated carbocycles. The van der Waals surface area contributed by atoms with E-state index in [-0.39, 0.29) is 16.7 Å². The van der Waals surface area contributed by atoms with Gasteiger partial charge < -0.3 is 14.6 Å². The van der Waals surface area contributed by atoms with Gasteiger partial charge in [-0.1, -0.05) is 30.3 Å². The van der Waals surface area contributed by atoms with Crippen LogP contribution < -0.4 is 14.8 Å². The molecular weight excluding hydrogens is 430 g/mol. The van der Waals surface area contributed by atoms with Crippen LogP contribution in [0.25, 0.3) is 6.08 Å². The molecule has 3 aromatic rings. The standard InChI is InChI=1S/C23H25N3O5S/c1-4-15-30-21-8-6-5-7-18(21)9-14-22(27)24-19-10-12-20(13-11-19)32(28,29)26-23-16(2)17(3)25-31-23/h5-14,26H,4,15H2,1-3H3,(H,24,27)/b14-9+. The van der Waals surface area contributed by atoms with Crippen LogP contribution in [-0.2, 0) is 14.8 Å². The zero-order valence-electron chi connectivity index (χ0n) is 18.1. The fourth-order valence-corrected chi connectivity index (χ4v) is 3.77. The number of hydrogen-bond acceptors (Lipinski definition) is 6. The molecule has 9 heteroatoms. The molecule has 2 N–H and O–H groups in total. The first-order valence-corrected chi connectivity index (χ1v) is 11.5. The summed E-state index contributed by atoms with van der Waals surface area (Å²) in [5, 5.41) is 6.44. The van der Waals surface area contributed by atoms with Crippen molar-refractivity contribution in [3.63, 3.8) is 0 Å². The number of aryl methyl sites for hydroxylation is 1. The lowest BCUT2D eigenvalue weighted by Gasteiger charge is -2.08. The minimum atomic E-state index is -3.85. The molecular formula is C23H25N3O5S. The Balaban J connectivity index is 1.65. The van der Waals surface area contributed by atoms with Crippen LogP contribution in [0, 0.1) is 13.8 Å². The highest BCUT2D eigenvalue weighted by Gasteiger charge is 2.19. The van der Waals surface area contributed by atoms with Crippen LogP contribution in [0.1, 0.15) is 30.2 Å². The number of carbonyl (C=O) groups excluding carboxylic acids is 1. The van der Waals surface area contributed by atoms with Crippen LogP contribution in [0.15, 0.2) is 64.0 Å². The molecule has 0 aliphatic carbocycles. The summed E-state index contributed by atoms with van der Waals surface area (Å²) in [5.74, 6) is 0.433. The number of nitrogens with zero attached hydrogens (tertiary/aromatic N) is 1.